The van der Waals surface area contributed by atoms with Gasteiger partial charge in [0.2, 0.25) is 47.3 Å². The van der Waals surface area contributed by atoms with Crippen molar-refractivity contribution in [3.8, 4) is 5.75 Å². The minimum atomic E-state index is -1.57. The molecule has 2 aliphatic rings. The number of likely N-dealkylation sites (tertiary alicyclic amines) is 1. The molecule has 0 unspecified atom stereocenters. The van der Waals surface area contributed by atoms with E-state index in [1.807, 2.05) is 0 Å². The van der Waals surface area contributed by atoms with Crippen LogP contribution in [0.2, 0.25) is 0 Å². The predicted octanol–water partition coefficient (Wildman–Crippen LogP) is -3.30. The molecule has 388 valence electrons. The Hall–Kier alpha value is -8.09. The van der Waals surface area contributed by atoms with Crippen LogP contribution in [-0.2, 0) is 62.4 Å². The molecular weight excluding hydrogens is 937 g/mol. The summed E-state index contributed by atoms with van der Waals surface area (Å²) < 4.78 is 0. The molecule has 5 rings (SSSR count). The highest BCUT2D eigenvalue weighted by molar-refractivity contribution is 5.99. The van der Waals surface area contributed by atoms with E-state index in [2.05, 4.69) is 57.5 Å². The summed E-state index contributed by atoms with van der Waals surface area (Å²) in [6.45, 7) is 0.0582. The lowest BCUT2D eigenvalue weighted by Gasteiger charge is -2.30. The highest BCUT2D eigenvalue weighted by Gasteiger charge is 2.40. The second-order valence-electron chi connectivity index (χ2n) is 17.5. The molecule has 2 saturated heterocycles. The van der Waals surface area contributed by atoms with Gasteiger partial charge < -0.3 is 74.1 Å². The van der Waals surface area contributed by atoms with Crippen LogP contribution >= 0.6 is 0 Å². The Morgan fingerprint density at radius 2 is 1.60 bits per heavy atom. The van der Waals surface area contributed by atoms with E-state index >= 15 is 0 Å². The molecule has 0 bridgehead atoms. The number of nitrogens with one attached hydrogen (secondary N) is 9. The lowest BCUT2D eigenvalue weighted by atomic mass is 10.0. The van der Waals surface area contributed by atoms with E-state index < -0.39 is 102 Å². The van der Waals surface area contributed by atoms with E-state index in [0.29, 0.717) is 23.2 Å². The molecule has 0 saturated carbocycles. The number of amides is 8. The number of phenolic OH excluding ortho intramolecular Hbond substituents is 1. The molecular formula is C47H64N14O11. The second kappa shape index (κ2) is 27.3. The number of aromatic hydroxyl groups is 1. The van der Waals surface area contributed by atoms with Crippen molar-refractivity contribution in [1.82, 2.24) is 57.4 Å². The summed E-state index contributed by atoms with van der Waals surface area (Å²) in [4.78, 5) is 135. The molecule has 0 spiro atoms. The average molecular weight is 1000 g/mol. The maximum Gasteiger partial charge on any atom is 0.326 e. The van der Waals surface area contributed by atoms with Crippen molar-refractivity contribution in [1.29, 1.82) is 0 Å². The number of aromatic nitrogens is 2. The first kappa shape index (κ1) is 54.8. The highest BCUT2D eigenvalue weighted by Crippen LogP contribution is 2.21. The summed E-state index contributed by atoms with van der Waals surface area (Å²) in [6, 6.07) is 5.23. The smallest absolute Gasteiger partial charge is 0.326 e. The third-order valence-electron chi connectivity index (χ3n) is 11.9. The number of carbonyl (C=O) groups is 9. The van der Waals surface area contributed by atoms with Crippen LogP contribution in [-0.4, -0.2) is 160 Å². The molecule has 72 heavy (non-hydrogen) atoms. The quantitative estimate of drug-likeness (QED) is 0.0283. The highest BCUT2D eigenvalue weighted by atomic mass is 16.4. The zero-order valence-electron chi connectivity index (χ0n) is 39.9. The molecule has 8 amide bonds. The molecule has 3 heterocycles. The third kappa shape index (κ3) is 17.1. The number of phenols is 1. The summed E-state index contributed by atoms with van der Waals surface area (Å²) in [6.07, 6.45) is 2.85. The number of aliphatic imine (C=N–C) groups is 1. The number of hydrogen-bond donors (Lipinski definition) is 13. The van der Waals surface area contributed by atoms with Gasteiger partial charge in [-0.2, -0.15) is 0 Å². The van der Waals surface area contributed by atoms with E-state index in [1.54, 1.807) is 30.3 Å². The topological polar surface area (TPSA) is 387 Å². The Morgan fingerprint density at radius 3 is 2.28 bits per heavy atom. The predicted molar refractivity (Wildman–Crippen MR) is 259 cm³/mol. The van der Waals surface area contributed by atoms with E-state index in [1.165, 1.54) is 48.7 Å². The number of imidazole rings is 1. The normalized spacial score (nSPS) is 19.7. The number of nitrogens with two attached hydrogens (primary N) is 2. The Labute approximate surface area is 414 Å². The fourth-order valence-corrected chi connectivity index (χ4v) is 8.25. The van der Waals surface area contributed by atoms with Crippen LogP contribution in [0.25, 0.3) is 0 Å². The van der Waals surface area contributed by atoms with Crippen molar-refractivity contribution in [2.75, 3.05) is 33.2 Å². The molecule has 25 nitrogen and oxygen atoms in total. The van der Waals surface area contributed by atoms with Gasteiger partial charge in [-0.3, -0.25) is 43.3 Å². The van der Waals surface area contributed by atoms with Gasteiger partial charge in [-0.05, 0) is 68.8 Å². The van der Waals surface area contributed by atoms with Crippen molar-refractivity contribution in [2.45, 2.75) is 107 Å². The summed E-state index contributed by atoms with van der Waals surface area (Å²) in [5, 5.41) is 41.1. The van der Waals surface area contributed by atoms with E-state index in [9.17, 15) is 53.4 Å². The summed E-state index contributed by atoms with van der Waals surface area (Å²) in [5.41, 5.74) is 12.4. The van der Waals surface area contributed by atoms with Crippen LogP contribution < -0.4 is 54.0 Å². The van der Waals surface area contributed by atoms with E-state index in [0.717, 1.165) is 0 Å². The first-order chi connectivity index (χ1) is 34.5. The zero-order valence-corrected chi connectivity index (χ0v) is 39.9. The minimum absolute atomic E-state index is 0.00308. The van der Waals surface area contributed by atoms with Gasteiger partial charge >= 0.3 is 5.97 Å². The lowest BCUT2D eigenvalue weighted by Crippen LogP contribution is -2.60. The molecule has 1 aromatic heterocycles. The largest absolute Gasteiger partial charge is 0.508 e. The number of H-pyrrole nitrogens is 1. The Morgan fingerprint density at radius 1 is 0.861 bits per heavy atom. The van der Waals surface area contributed by atoms with E-state index in [4.69, 9.17) is 11.5 Å². The van der Waals surface area contributed by atoms with Gasteiger partial charge in [0, 0.05) is 50.8 Å². The van der Waals surface area contributed by atoms with Gasteiger partial charge in [0.15, 0.2) is 5.96 Å². The number of benzene rings is 2. The van der Waals surface area contributed by atoms with Crippen LogP contribution in [0.4, 0.5) is 0 Å². The average Bonchev–Trinajstić information content (AvgIpc) is 4.06. The summed E-state index contributed by atoms with van der Waals surface area (Å²) in [7, 11) is 1.53. The molecule has 2 fully saturated rings. The van der Waals surface area contributed by atoms with Gasteiger partial charge in [-0.25, -0.2) is 9.78 Å². The monoisotopic (exact) mass is 1000 g/mol. The Kier molecular flexibility index (Phi) is 20.8. The fourth-order valence-electron chi connectivity index (χ4n) is 8.25. The second-order valence-corrected chi connectivity index (χ2v) is 17.5. The maximum atomic E-state index is 14.5. The number of nitrogens with zero attached hydrogens (tertiary/aromatic N) is 3. The summed E-state index contributed by atoms with van der Waals surface area (Å²) >= 11 is 0. The number of guanidine groups is 1. The number of hydrogen-bond acceptors (Lipinski definition) is 13. The van der Waals surface area contributed by atoms with Crippen LogP contribution in [0.15, 0.2) is 72.1 Å². The molecule has 3 aromatic rings. The van der Waals surface area contributed by atoms with Crippen LogP contribution in [0.1, 0.15) is 61.8 Å². The first-order valence-electron chi connectivity index (χ1n) is 23.6. The van der Waals surface area contributed by atoms with Gasteiger partial charge in [0.05, 0.1) is 19.3 Å². The Balaban J connectivity index is 1.37. The van der Waals surface area contributed by atoms with Crippen LogP contribution in [0.5, 0.6) is 5.75 Å². The molecule has 2 aromatic carbocycles. The number of aliphatic carboxylic acids is 1. The molecule has 7 atom stereocenters. The molecule has 25 heteroatoms. The molecule has 0 radical (unpaired) electrons. The lowest BCUT2D eigenvalue weighted by molar-refractivity contribution is -0.145. The minimum Gasteiger partial charge on any atom is -0.508 e. The number of aromatic amines is 1. The standard InChI is InChI=1S/C47H64N14O11/c1-50-25-39(64)55-31(10-6-18-53-47(48)49)40(65)58-34-23-38(63)52-17-5-11-32(56-42(67)33(57-43(34)68)20-28-13-15-30(62)16-14-28)41(66)59-35(22-29-24-51-26-54-29)45(70)61-19-7-12-37(61)44(69)60-36(46(71)72)21-27-8-3-2-4-9-27/h2-4,8-9,13-16,24,26,31-37,50,62H,5-7,10-12,17-23,25H2,1H3,(H,51,54)(H,52,63)(H,55,64)(H,56,67)(H,57,68)(H,58,65)(H,59,66)(H,60,69)(H,71,72)(H4,48,49,53)/t31-,32-,33-,34-,35-,36+,37-/m0/s1. The van der Waals surface area contributed by atoms with Crippen LogP contribution in [0.3, 0.4) is 0 Å². The van der Waals surface area contributed by atoms with Crippen molar-refractivity contribution in [2.24, 2.45) is 16.5 Å². The molecule has 15 N–H and O–H groups in total. The SMILES string of the molecule is CNCC(=O)N[C@@H](CCCN=C(N)N)C(=O)N[C@H]1CC(=O)NCCC[C@@H](C(=O)N[C@@H](Cc2cnc[nH]2)C(=O)N2CCC[C@H]2C(=O)N[C@H](Cc2ccccc2)C(=O)O)NC(=O)[C@H](Cc2ccc(O)cc2)NC1=O. The van der Waals surface area contributed by atoms with Crippen LogP contribution in [0, 0.1) is 0 Å². The van der Waals surface area contributed by atoms with Gasteiger partial charge in [-0.1, -0.05) is 42.5 Å². The summed E-state index contributed by atoms with van der Waals surface area (Å²) in [5.74, 6) is -7.49. The number of carboxylic acid groups (broad SMARTS) is 1. The molecule has 2 aliphatic heterocycles. The third-order valence-corrected chi connectivity index (χ3v) is 11.9. The van der Waals surface area contributed by atoms with Gasteiger partial charge in [-0.15, -0.1) is 0 Å². The number of carboxylic acids is 1. The number of carbonyl (C=O) groups excluding carboxylic acids is 8. The molecule has 0 aliphatic carbocycles. The van der Waals surface area contributed by atoms with Crippen molar-refractivity contribution in [3.05, 3.63) is 83.9 Å². The zero-order chi connectivity index (χ0) is 52.2. The fraction of sp³-hybridized carbons (Fsp3) is 0.468. The van der Waals surface area contributed by atoms with Gasteiger partial charge in [0.25, 0.3) is 0 Å². The van der Waals surface area contributed by atoms with Crippen molar-refractivity contribution >= 4 is 59.2 Å². The van der Waals surface area contributed by atoms with E-state index in [-0.39, 0.29) is 89.3 Å². The van der Waals surface area contributed by atoms with Crippen molar-refractivity contribution < 1.29 is 53.4 Å². The number of rotatable bonds is 21. The Bertz CT molecular complexity index is 2380. The maximum absolute atomic E-state index is 14.5. The number of likely N-dealkylation sites (N-methyl/N-ethyl adjacent to an activating group) is 1. The van der Waals surface area contributed by atoms with Crippen molar-refractivity contribution in [3.63, 3.8) is 0 Å². The van der Waals surface area contributed by atoms with Gasteiger partial charge in [0.1, 0.15) is 48.0 Å². The first-order valence-corrected chi connectivity index (χ1v) is 23.6.